The molecule has 1 fully saturated rings. The van der Waals surface area contributed by atoms with Crippen LogP contribution >= 0.6 is 46.4 Å². The Morgan fingerprint density at radius 3 is 2.41 bits per heavy atom. The van der Waals surface area contributed by atoms with Crippen molar-refractivity contribution in [2.45, 2.75) is 17.4 Å². The lowest BCUT2D eigenvalue weighted by atomic mass is 10.3. The molecule has 27 heavy (non-hydrogen) atoms. The third kappa shape index (κ3) is 4.94. The van der Waals surface area contributed by atoms with Crippen LogP contribution in [0.15, 0.2) is 35.2 Å². The van der Waals surface area contributed by atoms with Crippen molar-refractivity contribution < 1.29 is 13.2 Å². The van der Waals surface area contributed by atoms with Crippen LogP contribution in [0.25, 0.3) is 0 Å². The summed E-state index contributed by atoms with van der Waals surface area (Å²) in [5, 5.41) is 0.632. The van der Waals surface area contributed by atoms with Gasteiger partial charge in [0.15, 0.2) is 0 Å². The molecule has 0 aromatic heterocycles. The lowest BCUT2D eigenvalue weighted by molar-refractivity contribution is 0.208. The van der Waals surface area contributed by atoms with Crippen LogP contribution in [0, 0.1) is 0 Å². The molecule has 1 aliphatic heterocycles. The van der Waals surface area contributed by atoms with Gasteiger partial charge in [0, 0.05) is 19.2 Å². The van der Waals surface area contributed by atoms with Crippen LogP contribution < -0.4 is 9.46 Å². The molecule has 0 amide bonds. The topological polar surface area (TPSA) is 58.6 Å². The molecule has 0 bridgehead atoms. The second-order valence-corrected chi connectivity index (χ2v) is 9.52. The Bertz CT molecular complexity index is 969. The summed E-state index contributed by atoms with van der Waals surface area (Å²) in [7, 11) is -1.97. The maximum Gasteiger partial charge on any atom is 0.263 e. The largest absolute Gasteiger partial charge is 0.487 e. The number of hydrogen-bond acceptors (Lipinski definition) is 4. The molecule has 1 aliphatic rings. The van der Waals surface area contributed by atoms with E-state index in [1.54, 1.807) is 18.2 Å². The highest BCUT2D eigenvalue weighted by atomic mass is 35.5. The molecule has 146 valence electrons. The summed E-state index contributed by atoms with van der Waals surface area (Å²) < 4.78 is 33.8. The van der Waals surface area contributed by atoms with Gasteiger partial charge in [-0.2, -0.15) is 0 Å². The van der Waals surface area contributed by atoms with Gasteiger partial charge in [-0.05, 0) is 37.7 Å². The number of sulfonamides is 1. The molecule has 5 nitrogen and oxygen atoms in total. The molecular formula is C17H16Cl4N2O3S. The molecule has 0 spiro atoms. The molecule has 1 N–H and O–H groups in total. The van der Waals surface area contributed by atoms with Gasteiger partial charge in [-0.15, -0.1) is 0 Å². The van der Waals surface area contributed by atoms with Crippen molar-refractivity contribution in [3.05, 3.63) is 50.4 Å². The van der Waals surface area contributed by atoms with E-state index in [9.17, 15) is 8.42 Å². The van der Waals surface area contributed by atoms with Gasteiger partial charge in [-0.25, -0.2) is 8.42 Å². The van der Waals surface area contributed by atoms with Crippen molar-refractivity contribution >= 4 is 62.1 Å². The van der Waals surface area contributed by atoms with Crippen molar-refractivity contribution in [2.75, 3.05) is 24.9 Å². The third-order valence-electron chi connectivity index (χ3n) is 4.09. The van der Waals surface area contributed by atoms with Crippen LogP contribution in [-0.2, 0) is 10.0 Å². The average molecular weight is 470 g/mol. The van der Waals surface area contributed by atoms with Gasteiger partial charge in [0.05, 0.1) is 25.8 Å². The van der Waals surface area contributed by atoms with Crippen molar-refractivity contribution in [2.24, 2.45) is 0 Å². The molecule has 2 aromatic rings. The van der Waals surface area contributed by atoms with E-state index >= 15 is 0 Å². The monoisotopic (exact) mass is 468 g/mol. The minimum atomic E-state index is -3.98. The maximum absolute atomic E-state index is 12.7. The number of nitrogens with zero attached hydrogens (tertiary/aromatic N) is 1. The Hall–Kier alpha value is -0.890. The number of benzene rings is 2. The molecule has 2 aromatic carbocycles. The van der Waals surface area contributed by atoms with Gasteiger partial charge in [-0.3, -0.25) is 4.72 Å². The number of likely N-dealkylation sites (N-methyl/N-ethyl adjacent to an activating group) is 1. The fraction of sp³-hybridized carbons (Fsp3) is 0.294. The Morgan fingerprint density at radius 2 is 1.74 bits per heavy atom. The molecule has 0 radical (unpaired) electrons. The predicted molar refractivity (Wildman–Crippen MR) is 110 cm³/mol. The van der Waals surface area contributed by atoms with E-state index in [1.165, 1.54) is 12.1 Å². The summed E-state index contributed by atoms with van der Waals surface area (Å²) in [5.41, 5.74) is 0.294. The molecule has 0 saturated carbocycles. The second-order valence-electron chi connectivity index (χ2n) is 6.24. The zero-order valence-electron chi connectivity index (χ0n) is 14.2. The van der Waals surface area contributed by atoms with E-state index in [-0.39, 0.29) is 26.1 Å². The quantitative estimate of drug-likeness (QED) is 0.612. The summed E-state index contributed by atoms with van der Waals surface area (Å²) in [6.45, 7) is 1.72. The van der Waals surface area contributed by atoms with Crippen LogP contribution in [0.3, 0.4) is 0 Å². The number of anilines is 1. The van der Waals surface area contributed by atoms with Crippen molar-refractivity contribution in [3.8, 4) is 5.75 Å². The molecule has 1 unspecified atom stereocenters. The average Bonchev–Trinajstić information content (AvgIpc) is 2.98. The van der Waals surface area contributed by atoms with Crippen LogP contribution in [0.1, 0.15) is 6.42 Å². The van der Waals surface area contributed by atoms with E-state index in [0.29, 0.717) is 16.5 Å². The van der Waals surface area contributed by atoms with E-state index in [1.807, 2.05) is 7.05 Å². The lowest BCUT2D eigenvalue weighted by Gasteiger charge is -2.16. The maximum atomic E-state index is 12.7. The first-order valence-corrected chi connectivity index (χ1v) is 11.0. The Balaban J connectivity index is 1.85. The van der Waals surface area contributed by atoms with Gasteiger partial charge in [0.2, 0.25) is 0 Å². The van der Waals surface area contributed by atoms with Crippen molar-refractivity contribution in [1.29, 1.82) is 0 Å². The van der Waals surface area contributed by atoms with Crippen LogP contribution in [0.5, 0.6) is 5.75 Å². The van der Waals surface area contributed by atoms with E-state index in [4.69, 9.17) is 51.1 Å². The van der Waals surface area contributed by atoms with Crippen molar-refractivity contribution in [1.82, 2.24) is 4.90 Å². The van der Waals surface area contributed by atoms with Crippen LogP contribution in [-0.4, -0.2) is 39.6 Å². The van der Waals surface area contributed by atoms with Gasteiger partial charge >= 0.3 is 0 Å². The van der Waals surface area contributed by atoms with Gasteiger partial charge < -0.3 is 9.64 Å². The van der Waals surface area contributed by atoms with Gasteiger partial charge in [-0.1, -0.05) is 46.4 Å². The molecular weight excluding hydrogens is 454 g/mol. The minimum Gasteiger partial charge on any atom is -0.487 e. The zero-order chi connectivity index (χ0) is 19.8. The van der Waals surface area contributed by atoms with Crippen LogP contribution in [0.4, 0.5) is 5.69 Å². The number of hydrogen-bond donors (Lipinski definition) is 1. The minimum absolute atomic E-state index is 0.00359. The number of likely N-dealkylation sites (tertiary alicyclic amines) is 1. The summed E-state index contributed by atoms with van der Waals surface area (Å²) in [4.78, 5) is 1.98. The Labute approximate surface area is 178 Å². The predicted octanol–water partition coefficient (Wildman–Crippen LogP) is 5.18. The summed E-state index contributed by atoms with van der Waals surface area (Å²) in [6.07, 6.45) is 0.880. The smallest absolute Gasteiger partial charge is 0.263 e. The molecule has 0 aliphatic carbocycles. The number of halogens is 4. The van der Waals surface area contributed by atoms with E-state index < -0.39 is 10.0 Å². The summed E-state index contributed by atoms with van der Waals surface area (Å²) in [5.74, 6) is 0.414. The Morgan fingerprint density at radius 1 is 1.04 bits per heavy atom. The first-order chi connectivity index (χ1) is 12.7. The number of ether oxygens (including phenoxy) is 1. The Kier molecular flexibility index (Phi) is 6.35. The summed E-state index contributed by atoms with van der Waals surface area (Å²) >= 11 is 24.0. The fourth-order valence-electron chi connectivity index (χ4n) is 2.75. The molecule has 1 heterocycles. The van der Waals surface area contributed by atoms with Gasteiger partial charge in [0.1, 0.15) is 16.7 Å². The second kappa shape index (κ2) is 8.23. The SMILES string of the molecule is CN1CCC(Oc2cc(NS(=O)(=O)c3cc(Cl)c(Cl)cc3Cl)ccc2Cl)C1. The van der Waals surface area contributed by atoms with Crippen LogP contribution in [0.2, 0.25) is 20.1 Å². The van der Waals surface area contributed by atoms with E-state index in [0.717, 1.165) is 19.5 Å². The lowest BCUT2D eigenvalue weighted by Crippen LogP contribution is -2.21. The summed E-state index contributed by atoms with van der Waals surface area (Å²) in [6, 6.07) is 7.15. The third-order valence-corrected chi connectivity index (χ3v) is 6.97. The standard InChI is InChI=1S/C17H16Cl4N2O3S/c1-23-5-4-11(9-23)26-16-6-10(2-3-12(16)18)22-27(24,25)17-8-14(20)13(19)7-15(17)21/h2-3,6-8,11,22H,4-5,9H2,1H3. The van der Waals surface area contributed by atoms with Crippen molar-refractivity contribution in [3.63, 3.8) is 0 Å². The zero-order valence-corrected chi connectivity index (χ0v) is 18.0. The number of rotatable bonds is 5. The van der Waals surface area contributed by atoms with Gasteiger partial charge in [0.25, 0.3) is 10.0 Å². The normalized spacial score (nSPS) is 17.9. The highest BCUT2D eigenvalue weighted by Crippen LogP contribution is 2.34. The molecule has 3 rings (SSSR count). The molecule has 1 saturated heterocycles. The highest BCUT2D eigenvalue weighted by molar-refractivity contribution is 7.92. The first kappa shape index (κ1) is 20.8. The molecule has 1 atom stereocenters. The number of nitrogens with one attached hydrogen (secondary N) is 1. The molecule has 10 heteroatoms. The highest BCUT2D eigenvalue weighted by Gasteiger charge is 2.23. The first-order valence-electron chi connectivity index (χ1n) is 7.98. The fourth-order valence-corrected chi connectivity index (χ4v) is 4.96. The van der Waals surface area contributed by atoms with E-state index in [2.05, 4.69) is 9.62 Å².